The quantitative estimate of drug-likeness (QED) is 0.615. The van der Waals surface area contributed by atoms with Gasteiger partial charge >= 0.3 is 0 Å². The molecule has 0 bridgehead atoms. The van der Waals surface area contributed by atoms with Gasteiger partial charge in [-0.25, -0.2) is 4.98 Å². The van der Waals surface area contributed by atoms with Crippen LogP contribution in [0.5, 0.6) is 0 Å². The van der Waals surface area contributed by atoms with Crippen LogP contribution >= 0.6 is 11.3 Å². The number of nitrogens with one attached hydrogen (secondary N) is 1. The second-order valence-electron chi connectivity index (χ2n) is 7.84. The number of aromatic nitrogens is 2. The first-order chi connectivity index (χ1) is 15.0. The van der Waals surface area contributed by atoms with E-state index in [0.717, 1.165) is 36.3 Å². The van der Waals surface area contributed by atoms with Gasteiger partial charge in [0.05, 0.1) is 22.6 Å². The van der Waals surface area contributed by atoms with Gasteiger partial charge in [-0.1, -0.05) is 43.2 Å². The van der Waals surface area contributed by atoms with Gasteiger partial charge in [-0.3, -0.25) is 19.5 Å². The van der Waals surface area contributed by atoms with Crippen molar-refractivity contribution in [2.45, 2.75) is 51.6 Å². The first kappa shape index (κ1) is 21.2. The van der Waals surface area contributed by atoms with E-state index in [1.54, 1.807) is 23.4 Å². The van der Waals surface area contributed by atoms with Crippen LogP contribution in [0.3, 0.4) is 0 Å². The highest BCUT2D eigenvalue weighted by molar-refractivity contribution is 7.13. The summed E-state index contributed by atoms with van der Waals surface area (Å²) in [5.41, 5.74) is 2.01. The van der Waals surface area contributed by atoms with Crippen molar-refractivity contribution in [3.8, 4) is 0 Å². The molecule has 0 aliphatic heterocycles. The lowest BCUT2D eigenvalue weighted by Crippen LogP contribution is -2.46. The van der Waals surface area contributed by atoms with Crippen molar-refractivity contribution in [1.82, 2.24) is 15.3 Å². The largest absolute Gasteiger partial charge is 0.351 e. The standard InChI is InChI=1S/C24H26N4O2S/c1-16-22(31-17(2)26-16)24(30)28(20-13-8-14-25-15-20)21(18-9-4-3-5-10-18)23(29)27-19-11-6-7-12-19/h3-5,8-10,13-15,19,21H,6-7,11-12H2,1-2H3,(H,27,29). The van der Waals surface area contributed by atoms with Crippen molar-refractivity contribution >= 4 is 28.8 Å². The van der Waals surface area contributed by atoms with Gasteiger partial charge in [0.25, 0.3) is 5.91 Å². The minimum Gasteiger partial charge on any atom is -0.351 e. The minimum atomic E-state index is -0.805. The SMILES string of the molecule is Cc1nc(C)c(C(=O)N(c2cccnc2)C(C(=O)NC2CCCC2)c2ccccc2)s1. The number of carbonyl (C=O) groups excluding carboxylic acids is 2. The summed E-state index contributed by atoms with van der Waals surface area (Å²) in [6, 6.07) is 12.4. The Morgan fingerprint density at radius 3 is 2.45 bits per heavy atom. The molecule has 7 heteroatoms. The smallest absolute Gasteiger partial charge is 0.271 e. The second kappa shape index (κ2) is 9.39. The maximum Gasteiger partial charge on any atom is 0.271 e. The normalized spacial score (nSPS) is 14.9. The van der Waals surface area contributed by atoms with Crippen LogP contribution in [0.2, 0.25) is 0 Å². The summed E-state index contributed by atoms with van der Waals surface area (Å²) in [5, 5.41) is 4.01. The van der Waals surface area contributed by atoms with Crippen LogP contribution in [-0.4, -0.2) is 27.8 Å². The molecule has 2 heterocycles. The number of hydrogen-bond acceptors (Lipinski definition) is 5. The Morgan fingerprint density at radius 2 is 1.84 bits per heavy atom. The lowest BCUT2D eigenvalue weighted by molar-refractivity contribution is -0.123. The highest BCUT2D eigenvalue weighted by Gasteiger charge is 2.36. The molecule has 31 heavy (non-hydrogen) atoms. The number of hydrogen-bond donors (Lipinski definition) is 1. The second-order valence-corrected chi connectivity index (χ2v) is 9.04. The van der Waals surface area contributed by atoms with E-state index in [-0.39, 0.29) is 17.9 Å². The fourth-order valence-electron chi connectivity index (χ4n) is 4.12. The average molecular weight is 435 g/mol. The molecular formula is C24H26N4O2S. The zero-order valence-electron chi connectivity index (χ0n) is 17.7. The number of thiazole rings is 1. The van der Waals surface area contributed by atoms with Crippen LogP contribution in [0, 0.1) is 13.8 Å². The minimum absolute atomic E-state index is 0.150. The third-order valence-electron chi connectivity index (χ3n) is 5.56. The molecule has 0 saturated heterocycles. The van der Waals surface area contributed by atoms with Gasteiger partial charge in [0, 0.05) is 12.2 Å². The molecule has 1 aliphatic carbocycles. The van der Waals surface area contributed by atoms with E-state index >= 15 is 0 Å². The van der Waals surface area contributed by atoms with Crippen LogP contribution in [0.4, 0.5) is 5.69 Å². The maximum atomic E-state index is 13.8. The molecule has 2 amide bonds. The summed E-state index contributed by atoms with van der Waals surface area (Å²) in [7, 11) is 0. The molecule has 1 unspecified atom stereocenters. The van der Waals surface area contributed by atoms with E-state index in [1.165, 1.54) is 11.3 Å². The molecule has 1 atom stereocenters. The van der Waals surface area contributed by atoms with E-state index < -0.39 is 6.04 Å². The number of rotatable bonds is 6. The Bertz CT molecular complexity index is 1050. The predicted octanol–water partition coefficient (Wildman–Crippen LogP) is 4.60. The van der Waals surface area contributed by atoms with Gasteiger partial charge in [-0.05, 0) is 44.4 Å². The van der Waals surface area contributed by atoms with Gasteiger partial charge in [-0.2, -0.15) is 0 Å². The van der Waals surface area contributed by atoms with E-state index in [0.29, 0.717) is 16.3 Å². The van der Waals surface area contributed by atoms with Gasteiger partial charge in [-0.15, -0.1) is 11.3 Å². The summed E-state index contributed by atoms with van der Waals surface area (Å²) < 4.78 is 0. The van der Waals surface area contributed by atoms with E-state index in [9.17, 15) is 9.59 Å². The monoisotopic (exact) mass is 434 g/mol. The zero-order valence-corrected chi connectivity index (χ0v) is 18.6. The fourth-order valence-corrected chi connectivity index (χ4v) is 4.98. The van der Waals surface area contributed by atoms with Crippen LogP contribution in [0.25, 0.3) is 0 Å². The molecule has 1 fully saturated rings. The van der Waals surface area contributed by atoms with Crippen molar-refractivity contribution in [1.29, 1.82) is 0 Å². The number of aryl methyl sites for hydroxylation is 2. The first-order valence-corrected chi connectivity index (χ1v) is 11.4. The fraction of sp³-hybridized carbons (Fsp3) is 0.333. The summed E-state index contributed by atoms with van der Waals surface area (Å²) >= 11 is 1.35. The van der Waals surface area contributed by atoms with Gasteiger partial charge in [0.15, 0.2) is 0 Å². The molecule has 2 aromatic heterocycles. The molecule has 1 aliphatic rings. The summed E-state index contributed by atoms with van der Waals surface area (Å²) in [6.45, 7) is 3.71. The summed E-state index contributed by atoms with van der Waals surface area (Å²) in [4.78, 5) is 38.2. The van der Waals surface area contributed by atoms with Crippen molar-refractivity contribution in [2.24, 2.45) is 0 Å². The van der Waals surface area contributed by atoms with Crippen molar-refractivity contribution in [2.75, 3.05) is 4.90 Å². The Kier molecular flexibility index (Phi) is 6.42. The zero-order chi connectivity index (χ0) is 21.8. The summed E-state index contributed by atoms with van der Waals surface area (Å²) in [5.74, 6) is -0.416. The number of anilines is 1. The van der Waals surface area contributed by atoms with Crippen molar-refractivity contribution in [3.63, 3.8) is 0 Å². The molecule has 1 N–H and O–H groups in total. The Balaban J connectivity index is 1.80. The molecule has 1 saturated carbocycles. The third kappa shape index (κ3) is 4.66. The maximum absolute atomic E-state index is 13.8. The number of amides is 2. The van der Waals surface area contributed by atoms with Crippen LogP contribution in [0.15, 0.2) is 54.9 Å². The Hall–Kier alpha value is -3.06. The first-order valence-electron chi connectivity index (χ1n) is 10.6. The van der Waals surface area contributed by atoms with E-state index in [4.69, 9.17) is 0 Å². The van der Waals surface area contributed by atoms with Crippen LogP contribution in [0.1, 0.15) is 57.7 Å². The summed E-state index contributed by atoms with van der Waals surface area (Å²) in [6.07, 6.45) is 7.46. The highest BCUT2D eigenvalue weighted by atomic mass is 32.1. The lowest BCUT2D eigenvalue weighted by atomic mass is 10.0. The predicted molar refractivity (Wildman–Crippen MR) is 122 cm³/mol. The number of nitrogens with zero attached hydrogens (tertiary/aromatic N) is 3. The molecule has 0 spiro atoms. The van der Waals surface area contributed by atoms with Gasteiger partial charge < -0.3 is 5.32 Å². The molecule has 4 rings (SSSR count). The third-order valence-corrected chi connectivity index (χ3v) is 6.62. The lowest BCUT2D eigenvalue weighted by Gasteiger charge is -2.32. The molecule has 3 aromatic rings. The van der Waals surface area contributed by atoms with Crippen LogP contribution < -0.4 is 10.2 Å². The molecule has 6 nitrogen and oxygen atoms in total. The Labute approximate surface area is 186 Å². The van der Waals surface area contributed by atoms with Crippen molar-refractivity contribution < 1.29 is 9.59 Å². The average Bonchev–Trinajstić information content (AvgIpc) is 3.41. The van der Waals surface area contributed by atoms with E-state index in [1.807, 2.05) is 50.2 Å². The van der Waals surface area contributed by atoms with Crippen molar-refractivity contribution in [3.05, 3.63) is 76.0 Å². The number of carbonyl (C=O) groups is 2. The molecule has 160 valence electrons. The van der Waals surface area contributed by atoms with E-state index in [2.05, 4.69) is 15.3 Å². The van der Waals surface area contributed by atoms with Crippen LogP contribution in [-0.2, 0) is 4.79 Å². The molecular weight excluding hydrogens is 408 g/mol. The number of pyridine rings is 1. The van der Waals surface area contributed by atoms with Gasteiger partial charge in [0.2, 0.25) is 5.91 Å². The molecule has 1 aromatic carbocycles. The molecule has 0 radical (unpaired) electrons. The highest BCUT2D eigenvalue weighted by Crippen LogP contribution is 2.32. The van der Waals surface area contributed by atoms with Gasteiger partial charge in [0.1, 0.15) is 10.9 Å². The Morgan fingerprint density at radius 1 is 1.10 bits per heavy atom. The topological polar surface area (TPSA) is 75.2 Å². The number of benzene rings is 1.